The van der Waals surface area contributed by atoms with Gasteiger partial charge in [0.2, 0.25) is 0 Å². The molecular weight excluding hydrogens is 216 g/mol. The van der Waals surface area contributed by atoms with Gasteiger partial charge in [-0.2, -0.15) is 0 Å². The zero-order valence-electron chi connectivity index (χ0n) is 9.62. The van der Waals surface area contributed by atoms with Crippen molar-refractivity contribution in [2.75, 3.05) is 0 Å². The van der Waals surface area contributed by atoms with Crippen molar-refractivity contribution in [2.24, 2.45) is 17.4 Å². The summed E-state index contributed by atoms with van der Waals surface area (Å²) >= 11 is 0. The second kappa shape index (κ2) is 8.03. The summed E-state index contributed by atoms with van der Waals surface area (Å²) in [6.07, 6.45) is -0.979. The van der Waals surface area contributed by atoms with Gasteiger partial charge >= 0.3 is 11.9 Å². The first-order chi connectivity index (χ1) is 7.11. The monoisotopic (exact) mass is 236 g/mol. The van der Waals surface area contributed by atoms with Crippen molar-refractivity contribution in [1.29, 1.82) is 0 Å². The van der Waals surface area contributed by atoms with E-state index in [2.05, 4.69) is 0 Å². The van der Waals surface area contributed by atoms with E-state index >= 15 is 0 Å². The van der Waals surface area contributed by atoms with Crippen molar-refractivity contribution < 1.29 is 24.9 Å². The van der Waals surface area contributed by atoms with Crippen molar-refractivity contribution in [2.45, 2.75) is 39.0 Å². The van der Waals surface area contributed by atoms with Crippen LogP contribution in [-0.2, 0) is 9.59 Å². The number of carboxylic acids is 2. The molecule has 0 aliphatic rings. The highest BCUT2D eigenvalue weighted by molar-refractivity contribution is 5.73. The number of hydrogen-bond donors (Lipinski definition) is 5. The molecule has 7 N–H and O–H groups in total. The number of rotatable bonds is 4. The van der Waals surface area contributed by atoms with Gasteiger partial charge in [-0.3, -0.25) is 9.59 Å². The maximum atomic E-state index is 10.0. The minimum atomic E-state index is -1.18. The van der Waals surface area contributed by atoms with E-state index in [-0.39, 0.29) is 5.92 Å². The summed E-state index contributed by atoms with van der Waals surface area (Å²) in [5.41, 5.74) is 10.1. The fourth-order valence-corrected chi connectivity index (χ4v) is 0.491. The van der Waals surface area contributed by atoms with Gasteiger partial charge in [0.1, 0.15) is 12.1 Å². The Balaban J connectivity index is 0. The lowest BCUT2D eigenvalue weighted by molar-refractivity contribution is -0.141. The molecule has 3 atom stereocenters. The second-order valence-electron chi connectivity index (χ2n) is 3.71. The van der Waals surface area contributed by atoms with E-state index in [1.807, 2.05) is 0 Å². The van der Waals surface area contributed by atoms with Gasteiger partial charge < -0.3 is 26.8 Å². The molecule has 96 valence electrons. The van der Waals surface area contributed by atoms with Crippen molar-refractivity contribution in [3.05, 3.63) is 0 Å². The SMILES string of the molecule is CC(C)[C@H](N)C(=O)O.C[C@@H](O)[C@H](N)C(=O)O. The Morgan fingerprint density at radius 2 is 1.25 bits per heavy atom. The molecule has 0 unspecified atom stereocenters. The molecule has 0 heterocycles. The van der Waals surface area contributed by atoms with E-state index in [4.69, 9.17) is 26.8 Å². The number of nitrogens with two attached hydrogens (primary N) is 2. The molecule has 0 spiro atoms. The first-order valence-electron chi connectivity index (χ1n) is 4.76. The van der Waals surface area contributed by atoms with Crippen LogP contribution >= 0.6 is 0 Å². The fraction of sp³-hybridized carbons (Fsp3) is 0.778. The van der Waals surface area contributed by atoms with E-state index in [0.717, 1.165) is 0 Å². The first kappa shape index (κ1) is 17.2. The maximum absolute atomic E-state index is 10.0. The predicted molar refractivity (Wildman–Crippen MR) is 57.7 cm³/mol. The molecular formula is C9H20N2O5. The summed E-state index contributed by atoms with van der Waals surface area (Å²) < 4.78 is 0. The van der Waals surface area contributed by atoms with E-state index in [0.29, 0.717) is 0 Å². The van der Waals surface area contributed by atoms with E-state index in [1.54, 1.807) is 13.8 Å². The summed E-state index contributed by atoms with van der Waals surface area (Å²) in [6, 6.07) is -1.87. The van der Waals surface area contributed by atoms with Crippen LogP contribution < -0.4 is 11.5 Å². The minimum absolute atomic E-state index is 0.0208. The van der Waals surface area contributed by atoms with Gasteiger partial charge in [0.15, 0.2) is 0 Å². The number of carbonyl (C=O) groups is 2. The molecule has 7 nitrogen and oxygen atoms in total. The molecule has 0 aromatic rings. The number of aliphatic hydroxyl groups excluding tert-OH is 1. The van der Waals surface area contributed by atoms with E-state index in [9.17, 15) is 9.59 Å². The molecule has 0 aromatic carbocycles. The van der Waals surface area contributed by atoms with Crippen LogP contribution in [0.2, 0.25) is 0 Å². The molecule has 7 heteroatoms. The Hall–Kier alpha value is -1.18. The Kier molecular flexibility index (Phi) is 8.64. The number of aliphatic carboxylic acids is 2. The molecule has 0 aliphatic carbocycles. The zero-order chi connectivity index (χ0) is 13.5. The van der Waals surface area contributed by atoms with Crippen LogP contribution in [0.4, 0.5) is 0 Å². The maximum Gasteiger partial charge on any atom is 0.323 e. The quantitative estimate of drug-likeness (QED) is 0.413. The van der Waals surface area contributed by atoms with Gasteiger partial charge in [-0.05, 0) is 12.8 Å². The van der Waals surface area contributed by atoms with Gasteiger partial charge in [-0.15, -0.1) is 0 Å². The smallest absolute Gasteiger partial charge is 0.323 e. The summed E-state index contributed by atoms with van der Waals surface area (Å²) in [5, 5.41) is 24.8. The third-order valence-electron chi connectivity index (χ3n) is 1.81. The summed E-state index contributed by atoms with van der Waals surface area (Å²) in [5.74, 6) is -2.09. The van der Waals surface area contributed by atoms with Crippen molar-refractivity contribution in [3.8, 4) is 0 Å². The van der Waals surface area contributed by atoms with Gasteiger partial charge in [-0.1, -0.05) is 13.8 Å². The Morgan fingerprint density at radius 1 is 0.938 bits per heavy atom. The van der Waals surface area contributed by atoms with Crippen molar-refractivity contribution >= 4 is 11.9 Å². The lowest BCUT2D eigenvalue weighted by Gasteiger charge is -2.07. The van der Waals surface area contributed by atoms with Crippen LogP contribution in [-0.4, -0.2) is 45.4 Å². The first-order valence-corrected chi connectivity index (χ1v) is 4.76. The normalized spacial score (nSPS) is 15.7. The lowest BCUT2D eigenvalue weighted by atomic mass is 10.1. The van der Waals surface area contributed by atoms with Crippen LogP contribution in [0.25, 0.3) is 0 Å². The van der Waals surface area contributed by atoms with Crippen molar-refractivity contribution in [3.63, 3.8) is 0 Å². The standard InChI is InChI=1S/C5H11NO2.C4H9NO3/c1-3(2)4(6)5(7)8;1-2(6)3(5)4(7)8/h3-4H,6H2,1-2H3,(H,7,8);2-3,6H,5H2,1H3,(H,7,8)/t4-;2-,3+/m01/s1. The Labute approximate surface area is 94.1 Å². The second-order valence-corrected chi connectivity index (χ2v) is 3.71. The molecule has 0 amide bonds. The van der Waals surface area contributed by atoms with Crippen LogP contribution in [0.1, 0.15) is 20.8 Å². The zero-order valence-corrected chi connectivity index (χ0v) is 9.62. The molecule has 16 heavy (non-hydrogen) atoms. The topological polar surface area (TPSA) is 147 Å². The van der Waals surface area contributed by atoms with Gasteiger partial charge in [-0.25, -0.2) is 0 Å². The molecule has 0 fully saturated rings. The number of carboxylic acid groups (broad SMARTS) is 2. The average Bonchev–Trinajstić information content (AvgIpc) is 2.15. The fourth-order valence-electron chi connectivity index (χ4n) is 0.491. The van der Waals surface area contributed by atoms with E-state index < -0.39 is 30.1 Å². The molecule has 0 aromatic heterocycles. The molecule has 0 aliphatic heterocycles. The molecule has 0 rings (SSSR count). The Morgan fingerprint density at radius 3 is 1.25 bits per heavy atom. The van der Waals surface area contributed by atoms with Crippen LogP contribution in [0.15, 0.2) is 0 Å². The van der Waals surface area contributed by atoms with Gasteiger partial charge in [0.25, 0.3) is 0 Å². The third-order valence-corrected chi connectivity index (χ3v) is 1.81. The summed E-state index contributed by atoms with van der Waals surface area (Å²) in [4.78, 5) is 19.9. The Bertz CT molecular complexity index is 206. The number of hydrogen-bond acceptors (Lipinski definition) is 5. The lowest BCUT2D eigenvalue weighted by Crippen LogP contribution is -2.39. The number of aliphatic hydroxyl groups is 1. The molecule has 0 radical (unpaired) electrons. The predicted octanol–water partition coefficient (Wildman–Crippen LogP) is -1.17. The van der Waals surface area contributed by atoms with Crippen LogP contribution in [0, 0.1) is 5.92 Å². The third kappa shape index (κ3) is 8.16. The van der Waals surface area contributed by atoms with Gasteiger partial charge in [0, 0.05) is 0 Å². The summed E-state index contributed by atoms with van der Waals surface area (Å²) in [6.45, 7) is 4.89. The molecule has 0 saturated heterocycles. The largest absolute Gasteiger partial charge is 0.480 e. The summed E-state index contributed by atoms with van der Waals surface area (Å²) in [7, 11) is 0. The highest BCUT2D eigenvalue weighted by atomic mass is 16.4. The molecule has 0 saturated carbocycles. The highest BCUT2D eigenvalue weighted by Gasteiger charge is 2.16. The average molecular weight is 236 g/mol. The van der Waals surface area contributed by atoms with Crippen LogP contribution in [0.5, 0.6) is 0 Å². The van der Waals surface area contributed by atoms with Crippen LogP contribution in [0.3, 0.4) is 0 Å². The van der Waals surface area contributed by atoms with Crippen molar-refractivity contribution in [1.82, 2.24) is 0 Å². The van der Waals surface area contributed by atoms with E-state index in [1.165, 1.54) is 6.92 Å². The minimum Gasteiger partial charge on any atom is -0.480 e. The van der Waals surface area contributed by atoms with Gasteiger partial charge in [0.05, 0.1) is 6.10 Å². The molecule has 0 bridgehead atoms. The highest BCUT2D eigenvalue weighted by Crippen LogP contribution is 1.96.